The number of hydrogen-bond acceptors (Lipinski definition) is 10. The Hall–Kier alpha value is -1.99. The molecule has 1 fully saturated rings. The maximum atomic E-state index is 12.8. The first-order valence-electron chi connectivity index (χ1n) is 8.34. The van der Waals surface area contributed by atoms with Crippen LogP contribution in [0.1, 0.15) is 20.8 Å². The number of fused-ring (bicyclic) bond motifs is 1. The van der Waals surface area contributed by atoms with Crippen LogP contribution in [0.3, 0.4) is 0 Å². The lowest BCUT2D eigenvalue weighted by Crippen LogP contribution is -2.70. The van der Waals surface area contributed by atoms with Gasteiger partial charge >= 0.3 is 5.97 Å². The first-order chi connectivity index (χ1) is 13.0. The number of tetrazole rings is 1. The Balaban J connectivity index is 2.00. The van der Waals surface area contributed by atoms with Crippen molar-refractivity contribution in [3.8, 4) is 0 Å². The number of rotatable bonds is 5. The second-order valence-electron chi connectivity index (χ2n) is 7.39. The predicted molar refractivity (Wildman–Crippen MR) is 97.6 cm³/mol. The summed E-state index contributed by atoms with van der Waals surface area (Å²) in [6, 6.07) is 0. The summed E-state index contributed by atoms with van der Waals surface area (Å²) >= 11 is 1.16. The number of β-lactam (4-membered cyclic amide) rings is 1. The lowest BCUT2D eigenvalue weighted by Gasteiger charge is -2.48. The largest absolute Gasteiger partial charge is 0.455 e. The van der Waals surface area contributed by atoms with Gasteiger partial charge < -0.3 is 9.47 Å². The molecule has 0 aromatic carbocycles. The summed E-state index contributed by atoms with van der Waals surface area (Å²) in [6.07, 6.45) is -1.13. The van der Waals surface area contributed by atoms with Gasteiger partial charge in [0.15, 0.2) is 21.3 Å². The van der Waals surface area contributed by atoms with E-state index in [0.29, 0.717) is 5.16 Å². The van der Waals surface area contributed by atoms with Crippen molar-refractivity contribution in [2.45, 2.75) is 43.0 Å². The van der Waals surface area contributed by atoms with Gasteiger partial charge in [0.25, 0.3) is 5.91 Å². The van der Waals surface area contributed by atoms with Crippen LogP contribution >= 0.6 is 11.8 Å². The minimum absolute atomic E-state index is 0.0457. The number of amides is 1. The molecule has 28 heavy (non-hydrogen) atoms. The van der Waals surface area contributed by atoms with E-state index in [9.17, 15) is 18.0 Å². The van der Waals surface area contributed by atoms with E-state index in [2.05, 4.69) is 15.5 Å². The molecule has 13 heteroatoms. The van der Waals surface area contributed by atoms with Crippen molar-refractivity contribution in [1.29, 1.82) is 0 Å². The van der Waals surface area contributed by atoms with E-state index < -0.39 is 38.8 Å². The molecule has 2 atom stereocenters. The van der Waals surface area contributed by atoms with E-state index in [4.69, 9.17) is 9.47 Å². The molecule has 1 unspecified atom stereocenters. The van der Waals surface area contributed by atoms with Crippen molar-refractivity contribution in [2.24, 2.45) is 7.05 Å². The van der Waals surface area contributed by atoms with Gasteiger partial charge in [-0.2, -0.15) is 0 Å². The molecule has 0 aliphatic carbocycles. The Morgan fingerprint density at radius 1 is 1.36 bits per heavy atom. The van der Waals surface area contributed by atoms with Crippen molar-refractivity contribution in [3.63, 3.8) is 0 Å². The van der Waals surface area contributed by atoms with Gasteiger partial charge in [-0.1, -0.05) is 11.8 Å². The fourth-order valence-corrected chi connectivity index (χ4v) is 6.00. The number of carbonyl (C=O) groups is 2. The summed E-state index contributed by atoms with van der Waals surface area (Å²) in [5.74, 6) is -1.61. The zero-order valence-corrected chi connectivity index (χ0v) is 17.7. The fourth-order valence-electron chi connectivity index (χ4n) is 2.98. The monoisotopic (exact) mass is 431 g/mol. The number of sulfone groups is 1. The molecule has 0 bridgehead atoms. The average Bonchev–Trinajstić information content (AvgIpc) is 2.96. The minimum Gasteiger partial charge on any atom is -0.455 e. The molecular formula is C15H21N5O6S2. The molecule has 11 nitrogen and oxygen atoms in total. The first kappa shape index (κ1) is 20.7. The van der Waals surface area contributed by atoms with Crippen LogP contribution in [0, 0.1) is 0 Å². The average molecular weight is 431 g/mol. The Kier molecular flexibility index (Phi) is 5.27. The van der Waals surface area contributed by atoms with E-state index >= 15 is 0 Å². The van der Waals surface area contributed by atoms with Crippen molar-refractivity contribution in [1.82, 2.24) is 25.1 Å². The van der Waals surface area contributed by atoms with Gasteiger partial charge in [-0.25, -0.2) is 17.9 Å². The number of thioether (sulfide) groups is 1. The van der Waals surface area contributed by atoms with Crippen molar-refractivity contribution in [3.05, 3.63) is 11.3 Å². The third-order valence-electron chi connectivity index (χ3n) is 4.12. The van der Waals surface area contributed by atoms with Gasteiger partial charge in [-0.3, -0.25) is 9.69 Å². The van der Waals surface area contributed by atoms with E-state index in [-0.39, 0.29) is 22.8 Å². The summed E-state index contributed by atoms with van der Waals surface area (Å²) in [5, 5.41) is 10.3. The standard InChI is InChI=1S/C15H21N5O6S2/c1-15(2,3)26-13(22)9-8(6-27-14-16-17-18-19(14)4)7-28(23,24)12-10(25-5)11(21)20(9)12/h10,12H,6-7H2,1-5H3/t10-,12?/m0/s1. The van der Waals surface area contributed by atoms with E-state index in [1.807, 2.05) is 0 Å². The molecule has 1 aromatic rings. The van der Waals surface area contributed by atoms with Gasteiger partial charge in [0.2, 0.25) is 5.16 Å². The van der Waals surface area contributed by atoms with Gasteiger partial charge in [0.1, 0.15) is 11.3 Å². The maximum absolute atomic E-state index is 12.8. The quantitative estimate of drug-likeness (QED) is 0.341. The lowest BCUT2D eigenvalue weighted by atomic mass is 10.1. The summed E-state index contributed by atoms with van der Waals surface area (Å²) < 4.78 is 37.3. The molecule has 2 aliphatic rings. The second-order valence-corrected chi connectivity index (χ2v) is 10.4. The molecule has 154 valence electrons. The molecule has 3 heterocycles. The Labute approximate surface area is 166 Å². The van der Waals surface area contributed by atoms with E-state index in [1.54, 1.807) is 27.8 Å². The molecular weight excluding hydrogens is 410 g/mol. The summed E-state index contributed by atoms with van der Waals surface area (Å²) in [5.41, 5.74) is -0.590. The molecule has 3 rings (SSSR count). The second kappa shape index (κ2) is 7.12. The zero-order chi connectivity index (χ0) is 20.9. The number of carbonyl (C=O) groups excluding carboxylic acids is 2. The Bertz CT molecular complexity index is 948. The minimum atomic E-state index is -3.74. The van der Waals surface area contributed by atoms with Crippen LogP contribution in [0.15, 0.2) is 16.4 Å². The van der Waals surface area contributed by atoms with Crippen LogP contribution in [-0.4, -0.2) is 81.1 Å². The zero-order valence-electron chi connectivity index (χ0n) is 16.1. The third-order valence-corrected chi connectivity index (χ3v) is 7.16. The van der Waals surface area contributed by atoms with Crippen molar-refractivity contribution < 1.29 is 27.5 Å². The van der Waals surface area contributed by atoms with Crippen molar-refractivity contribution in [2.75, 3.05) is 18.6 Å². The third kappa shape index (κ3) is 3.65. The lowest BCUT2D eigenvalue weighted by molar-refractivity contribution is -0.167. The SMILES string of the molecule is CO[C@H]1C(=O)N2C(C(=O)OC(C)(C)C)=C(CSc3nnnn3C)CS(=O)(=O)C12. The highest BCUT2D eigenvalue weighted by molar-refractivity contribution is 7.99. The highest BCUT2D eigenvalue weighted by Gasteiger charge is 2.60. The van der Waals surface area contributed by atoms with Crippen molar-refractivity contribution >= 4 is 33.5 Å². The van der Waals surface area contributed by atoms with Crippen LogP contribution in [0.4, 0.5) is 0 Å². The molecule has 1 saturated heterocycles. The molecule has 0 N–H and O–H groups in total. The van der Waals surface area contributed by atoms with Crippen LogP contribution in [-0.2, 0) is 35.9 Å². The van der Waals surface area contributed by atoms with Crippen LogP contribution in [0.5, 0.6) is 0 Å². The Morgan fingerprint density at radius 2 is 2.04 bits per heavy atom. The van der Waals surface area contributed by atoms with Crippen LogP contribution < -0.4 is 0 Å². The highest BCUT2D eigenvalue weighted by atomic mass is 32.2. The smallest absolute Gasteiger partial charge is 0.355 e. The number of hydrogen-bond donors (Lipinski definition) is 0. The number of aryl methyl sites for hydroxylation is 1. The first-order valence-corrected chi connectivity index (χ1v) is 11.0. The van der Waals surface area contributed by atoms with Crippen LogP contribution in [0.25, 0.3) is 0 Å². The summed E-state index contributed by atoms with van der Waals surface area (Å²) in [6.45, 7) is 5.08. The molecule has 2 aliphatic heterocycles. The van der Waals surface area contributed by atoms with E-state index in [0.717, 1.165) is 16.7 Å². The molecule has 0 saturated carbocycles. The number of nitrogens with zero attached hydrogens (tertiary/aromatic N) is 5. The Morgan fingerprint density at radius 3 is 2.57 bits per heavy atom. The predicted octanol–water partition coefficient (Wildman–Crippen LogP) is -0.490. The summed E-state index contributed by atoms with van der Waals surface area (Å²) in [7, 11) is -0.833. The van der Waals surface area contributed by atoms with Gasteiger partial charge in [-0.15, -0.1) is 5.10 Å². The van der Waals surface area contributed by atoms with Gasteiger partial charge in [0, 0.05) is 19.9 Å². The topological polar surface area (TPSA) is 134 Å². The highest BCUT2D eigenvalue weighted by Crippen LogP contribution is 2.39. The van der Waals surface area contributed by atoms with Gasteiger partial charge in [-0.05, 0) is 36.8 Å². The molecule has 0 radical (unpaired) electrons. The number of methoxy groups -OCH3 is 1. The number of aromatic nitrogens is 4. The van der Waals surface area contributed by atoms with E-state index in [1.165, 1.54) is 11.8 Å². The molecule has 0 spiro atoms. The summed E-state index contributed by atoms with van der Waals surface area (Å²) in [4.78, 5) is 26.3. The normalized spacial score (nSPS) is 24.0. The fraction of sp³-hybridized carbons (Fsp3) is 0.667. The maximum Gasteiger partial charge on any atom is 0.355 e. The van der Waals surface area contributed by atoms with Crippen LogP contribution in [0.2, 0.25) is 0 Å². The number of ether oxygens (including phenoxy) is 2. The van der Waals surface area contributed by atoms with Gasteiger partial charge in [0.05, 0.1) is 5.75 Å². The number of esters is 1. The molecule has 1 aromatic heterocycles. The molecule has 1 amide bonds.